The summed E-state index contributed by atoms with van der Waals surface area (Å²) in [4.78, 5) is 12.1. The Bertz CT molecular complexity index is 369. The zero-order valence-corrected chi connectivity index (χ0v) is 10.2. The fourth-order valence-electron chi connectivity index (χ4n) is 1.33. The van der Waals surface area contributed by atoms with E-state index in [2.05, 4.69) is 0 Å². The molecule has 0 saturated heterocycles. The van der Waals surface area contributed by atoms with Gasteiger partial charge in [-0.1, -0.05) is 12.1 Å². The molecule has 0 atom stereocenters. The number of hydrogen-bond acceptors (Lipinski definition) is 3. The monoisotopic (exact) mass is 222 g/mol. The van der Waals surface area contributed by atoms with Gasteiger partial charge in [0, 0.05) is 12.7 Å². The summed E-state index contributed by atoms with van der Waals surface area (Å²) in [5.41, 5.74) is -0.192. The van der Waals surface area contributed by atoms with Gasteiger partial charge in [-0.3, -0.25) is 4.79 Å². The van der Waals surface area contributed by atoms with E-state index < -0.39 is 5.60 Å². The number of ketones is 1. The van der Waals surface area contributed by atoms with Crippen LogP contribution in [0.1, 0.15) is 31.1 Å². The minimum absolute atomic E-state index is 0.0449. The summed E-state index contributed by atoms with van der Waals surface area (Å²) in [7, 11) is 1.53. The van der Waals surface area contributed by atoms with Gasteiger partial charge >= 0.3 is 0 Å². The maximum atomic E-state index is 12.1. The molecule has 0 saturated carbocycles. The van der Waals surface area contributed by atoms with Crippen LogP contribution in [0.2, 0.25) is 0 Å². The first-order valence-corrected chi connectivity index (χ1v) is 5.34. The molecule has 0 aliphatic rings. The Morgan fingerprint density at radius 1 is 1.38 bits per heavy atom. The highest BCUT2D eigenvalue weighted by Gasteiger charge is 2.28. The molecule has 0 spiro atoms. The van der Waals surface area contributed by atoms with Gasteiger partial charge in [0.2, 0.25) is 0 Å². The Balaban J connectivity index is 2.96. The molecule has 0 fully saturated rings. The third-order valence-electron chi connectivity index (χ3n) is 2.46. The number of methoxy groups -OCH3 is 1. The van der Waals surface area contributed by atoms with Crippen LogP contribution in [0, 0.1) is 0 Å². The van der Waals surface area contributed by atoms with Crippen molar-refractivity contribution in [3.63, 3.8) is 0 Å². The smallest absolute Gasteiger partial charge is 0.194 e. The highest BCUT2D eigenvalue weighted by molar-refractivity contribution is 6.02. The van der Waals surface area contributed by atoms with Crippen molar-refractivity contribution in [2.24, 2.45) is 0 Å². The Labute approximate surface area is 96.4 Å². The van der Waals surface area contributed by atoms with E-state index in [0.29, 0.717) is 17.9 Å². The van der Waals surface area contributed by atoms with Crippen LogP contribution in [0.4, 0.5) is 0 Å². The van der Waals surface area contributed by atoms with Gasteiger partial charge in [0.15, 0.2) is 5.78 Å². The number of hydrogen-bond donors (Lipinski definition) is 0. The van der Waals surface area contributed by atoms with Crippen LogP contribution < -0.4 is 4.74 Å². The number of Topliss-reactive ketones (excluding diaryl/α,β-unsaturated/α-hetero) is 1. The molecule has 0 N–H and O–H groups in total. The molecule has 0 radical (unpaired) electrons. The lowest BCUT2D eigenvalue weighted by Crippen LogP contribution is -2.33. The van der Waals surface area contributed by atoms with Crippen molar-refractivity contribution in [3.05, 3.63) is 29.8 Å². The Morgan fingerprint density at radius 2 is 2.06 bits per heavy atom. The highest BCUT2D eigenvalue weighted by atomic mass is 16.5. The normalized spacial score (nSPS) is 11.2. The molecule has 16 heavy (non-hydrogen) atoms. The number of carbonyl (C=O) groups is 1. The minimum atomic E-state index is -0.801. The van der Waals surface area contributed by atoms with E-state index in [-0.39, 0.29) is 5.78 Å². The zero-order chi connectivity index (χ0) is 12.2. The predicted octanol–water partition coefficient (Wildman–Crippen LogP) is 2.69. The van der Waals surface area contributed by atoms with E-state index in [0.717, 1.165) is 0 Å². The van der Waals surface area contributed by atoms with Gasteiger partial charge in [0.05, 0.1) is 6.61 Å². The molecule has 0 aromatic heterocycles. The van der Waals surface area contributed by atoms with Gasteiger partial charge in [-0.2, -0.15) is 0 Å². The molecule has 0 bridgehead atoms. The SMILES string of the molecule is CCOc1cccc(C(=O)C(C)(C)OC)c1. The maximum absolute atomic E-state index is 12.1. The van der Waals surface area contributed by atoms with Gasteiger partial charge in [0.1, 0.15) is 11.4 Å². The Morgan fingerprint density at radius 3 is 2.62 bits per heavy atom. The average Bonchev–Trinajstić information content (AvgIpc) is 2.29. The topological polar surface area (TPSA) is 35.5 Å². The van der Waals surface area contributed by atoms with Crippen LogP contribution in [-0.2, 0) is 4.74 Å². The van der Waals surface area contributed by atoms with Gasteiger partial charge < -0.3 is 9.47 Å². The van der Waals surface area contributed by atoms with Crippen molar-refractivity contribution in [2.75, 3.05) is 13.7 Å². The van der Waals surface area contributed by atoms with E-state index >= 15 is 0 Å². The van der Waals surface area contributed by atoms with Crippen LogP contribution in [0.3, 0.4) is 0 Å². The van der Waals surface area contributed by atoms with Gasteiger partial charge in [-0.15, -0.1) is 0 Å². The molecular formula is C13H18O3. The fourth-order valence-corrected chi connectivity index (χ4v) is 1.33. The third kappa shape index (κ3) is 2.83. The molecule has 1 aromatic rings. The average molecular weight is 222 g/mol. The first kappa shape index (κ1) is 12.7. The molecule has 1 aromatic carbocycles. The molecule has 0 aliphatic carbocycles. The molecule has 88 valence electrons. The van der Waals surface area contributed by atoms with Crippen molar-refractivity contribution >= 4 is 5.78 Å². The number of benzene rings is 1. The number of ether oxygens (including phenoxy) is 2. The van der Waals surface area contributed by atoms with Crippen LogP contribution in [-0.4, -0.2) is 25.1 Å². The second-order valence-corrected chi connectivity index (χ2v) is 4.00. The summed E-state index contributed by atoms with van der Waals surface area (Å²) in [5, 5.41) is 0. The van der Waals surface area contributed by atoms with E-state index in [9.17, 15) is 4.79 Å². The minimum Gasteiger partial charge on any atom is -0.494 e. The first-order valence-electron chi connectivity index (χ1n) is 5.34. The van der Waals surface area contributed by atoms with E-state index in [1.807, 2.05) is 19.1 Å². The molecule has 0 aliphatic heterocycles. The van der Waals surface area contributed by atoms with Gasteiger partial charge in [-0.25, -0.2) is 0 Å². The van der Waals surface area contributed by atoms with Crippen LogP contribution in [0.5, 0.6) is 5.75 Å². The quantitative estimate of drug-likeness (QED) is 0.718. The molecule has 0 heterocycles. The van der Waals surface area contributed by atoms with Crippen molar-refractivity contribution in [3.8, 4) is 5.75 Å². The van der Waals surface area contributed by atoms with Crippen molar-refractivity contribution in [1.29, 1.82) is 0 Å². The number of rotatable bonds is 5. The Kier molecular flexibility index (Phi) is 4.07. The Hall–Kier alpha value is -1.35. The molecule has 3 heteroatoms. The second kappa shape index (κ2) is 5.12. The first-order chi connectivity index (χ1) is 7.51. The van der Waals surface area contributed by atoms with Gasteiger partial charge in [-0.05, 0) is 32.9 Å². The predicted molar refractivity (Wildman–Crippen MR) is 63.0 cm³/mol. The van der Waals surface area contributed by atoms with E-state index in [1.165, 1.54) is 7.11 Å². The van der Waals surface area contributed by atoms with E-state index in [4.69, 9.17) is 9.47 Å². The molecule has 3 nitrogen and oxygen atoms in total. The van der Waals surface area contributed by atoms with Crippen LogP contribution >= 0.6 is 0 Å². The largest absolute Gasteiger partial charge is 0.494 e. The molecule has 0 amide bonds. The summed E-state index contributed by atoms with van der Waals surface area (Å²) in [5.74, 6) is 0.664. The molecule has 0 unspecified atom stereocenters. The molecule has 1 rings (SSSR count). The summed E-state index contributed by atoms with van der Waals surface area (Å²) in [6.45, 7) is 6.00. The van der Waals surface area contributed by atoms with Crippen molar-refractivity contribution in [1.82, 2.24) is 0 Å². The maximum Gasteiger partial charge on any atom is 0.194 e. The van der Waals surface area contributed by atoms with Crippen LogP contribution in [0.25, 0.3) is 0 Å². The van der Waals surface area contributed by atoms with E-state index in [1.54, 1.807) is 26.0 Å². The summed E-state index contributed by atoms with van der Waals surface area (Å²) in [6.07, 6.45) is 0. The zero-order valence-electron chi connectivity index (χ0n) is 10.2. The number of carbonyl (C=O) groups excluding carboxylic acids is 1. The van der Waals surface area contributed by atoms with Gasteiger partial charge in [0.25, 0.3) is 0 Å². The lowest BCUT2D eigenvalue weighted by atomic mass is 9.96. The lowest BCUT2D eigenvalue weighted by Gasteiger charge is -2.21. The fraction of sp³-hybridized carbons (Fsp3) is 0.462. The summed E-state index contributed by atoms with van der Waals surface area (Å²) >= 11 is 0. The highest BCUT2D eigenvalue weighted by Crippen LogP contribution is 2.20. The lowest BCUT2D eigenvalue weighted by molar-refractivity contribution is 0.0228. The second-order valence-electron chi connectivity index (χ2n) is 4.00. The van der Waals surface area contributed by atoms with Crippen LogP contribution in [0.15, 0.2) is 24.3 Å². The summed E-state index contributed by atoms with van der Waals surface area (Å²) < 4.78 is 10.5. The standard InChI is InChI=1S/C13H18O3/c1-5-16-11-8-6-7-10(9-11)12(14)13(2,3)15-4/h6-9H,5H2,1-4H3. The third-order valence-corrected chi connectivity index (χ3v) is 2.46. The van der Waals surface area contributed by atoms with Crippen molar-refractivity contribution < 1.29 is 14.3 Å². The molecular weight excluding hydrogens is 204 g/mol. The summed E-state index contributed by atoms with van der Waals surface area (Å²) in [6, 6.07) is 7.16. The van der Waals surface area contributed by atoms with Crippen molar-refractivity contribution in [2.45, 2.75) is 26.4 Å².